The molecule has 0 bridgehead atoms. The molecule has 4 aromatic rings. The van der Waals surface area contributed by atoms with E-state index in [0.717, 1.165) is 30.5 Å². The van der Waals surface area contributed by atoms with Crippen molar-refractivity contribution in [2.24, 2.45) is 0 Å². The van der Waals surface area contributed by atoms with Gasteiger partial charge in [-0.05, 0) is 43.3 Å². The molecule has 0 unspecified atom stereocenters. The molecule has 3 aromatic heterocycles. The number of fused-ring (bicyclic) bond motifs is 2. The molecule has 8 heteroatoms. The SMILES string of the molecule is CCN(CC)c1nc2ccsc2c(=O)n1CCC(=O)NCCc1c[nH]c2ccccc12. The zero-order valence-electron chi connectivity index (χ0n) is 17.9. The molecule has 31 heavy (non-hydrogen) atoms. The first kappa shape index (κ1) is 21.1. The Morgan fingerprint density at radius 2 is 2.03 bits per heavy atom. The Labute approximate surface area is 184 Å². The minimum Gasteiger partial charge on any atom is -0.361 e. The highest BCUT2D eigenvalue weighted by atomic mass is 32.1. The van der Waals surface area contributed by atoms with Crippen molar-refractivity contribution < 1.29 is 4.79 Å². The van der Waals surface area contributed by atoms with E-state index in [4.69, 9.17) is 4.98 Å². The molecular weight excluding hydrogens is 410 g/mol. The first-order chi connectivity index (χ1) is 15.1. The van der Waals surface area contributed by atoms with Crippen LogP contribution in [-0.2, 0) is 17.8 Å². The highest BCUT2D eigenvalue weighted by molar-refractivity contribution is 7.17. The molecule has 162 valence electrons. The third-order valence-electron chi connectivity index (χ3n) is 5.55. The summed E-state index contributed by atoms with van der Waals surface area (Å²) in [5.41, 5.74) is 2.93. The van der Waals surface area contributed by atoms with Gasteiger partial charge in [0.15, 0.2) is 0 Å². The number of hydrogen-bond acceptors (Lipinski definition) is 5. The van der Waals surface area contributed by atoms with Crippen LogP contribution in [0.4, 0.5) is 5.95 Å². The number of benzene rings is 1. The molecule has 2 N–H and O–H groups in total. The number of carbonyl (C=O) groups excluding carboxylic acids is 1. The number of aromatic nitrogens is 3. The maximum absolute atomic E-state index is 13.0. The summed E-state index contributed by atoms with van der Waals surface area (Å²) in [6, 6.07) is 10.0. The number of aromatic amines is 1. The van der Waals surface area contributed by atoms with Crippen molar-refractivity contribution in [2.45, 2.75) is 33.2 Å². The Hall–Kier alpha value is -3.13. The van der Waals surface area contributed by atoms with E-state index < -0.39 is 0 Å². The lowest BCUT2D eigenvalue weighted by Gasteiger charge is -2.23. The van der Waals surface area contributed by atoms with Gasteiger partial charge in [-0.1, -0.05) is 18.2 Å². The predicted octanol–water partition coefficient (Wildman–Crippen LogP) is 3.53. The molecule has 0 atom stereocenters. The minimum atomic E-state index is -0.0755. The monoisotopic (exact) mass is 437 g/mol. The van der Waals surface area contributed by atoms with E-state index in [9.17, 15) is 9.59 Å². The molecule has 0 radical (unpaired) electrons. The number of anilines is 1. The molecule has 0 fully saturated rings. The fourth-order valence-electron chi connectivity index (χ4n) is 3.86. The van der Waals surface area contributed by atoms with Crippen LogP contribution < -0.4 is 15.8 Å². The number of rotatable bonds is 9. The third-order valence-corrected chi connectivity index (χ3v) is 6.44. The molecule has 0 aliphatic heterocycles. The predicted molar refractivity (Wildman–Crippen MR) is 127 cm³/mol. The van der Waals surface area contributed by atoms with Crippen molar-refractivity contribution in [2.75, 3.05) is 24.5 Å². The van der Waals surface area contributed by atoms with Crippen LogP contribution in [0.3, 0.4) is 0 Å². The maximum atomic E-state index is 13.0. The molecule has 0 spiro atoms. The smallest absolute Gasteiger partial charge is 0.272 e. The Bertz CT molecular complexity index is 1250. The Balaban J connectivity index is 1.42. The van der Waals surface area contributed by atoms with Gasteiger partial charge in [0.1, 0.15) is 4.70 Å². The van der Waals surface area contributed by atoms with Crippen LogP contribution in [0, 0.1) is 0 Å². The van der Waals surface area contributed by atoms with E-state index in [2.05, 4.69) is 16.4 Å². The van der Waals surface area contributed by atoms with Crippen LogP contribution in [-0.4, -0.2) is 40.1 Å². The highest BCUT2D eigenvalue weighted by Gasteiger charge is 2.17. The van der Waals surface area contributed by atoms with Crippen LogP contribution in [0.2, 0.25) is 0 Å². The molecule has 1 amide bonds. The van der Waals surface area contributed by atoms with E-state index in [0.29, 0.717) is 23.7 Å². The van der Waals surface area contributed by atoms with Gasteiger partial charge in [0.25, 0.3) is 5.56 Å². The summed E-state index contributed by atoms with van der Waals surface area (Å²) < 4.78 is 2.28. The summed E-state index contributed by atoms with van der Waals surface area (Å²) in [6.45, 7) is 6.43. The second kappa shape index (κ2) is 9.34. The first-order valence-corrected chi connectivity index (χ1v) is 11.5. The van der Waals surface area contributed by atoms with Crippen molar-refractivity contribution in [3.05, 3.63) is 57.8 Å². The van der Waals surface area contributed by atoms with Crippen molar-refractivity contribution in [3.8, 4) is 0 Å². The van der Waals surface area contributed by atoms with Crippen LogP contribution in [0.25, 0.3) is 21.1 Å². The number of H-pyrrole nitrogens is 1. The Kier molecular flexibility index (Phi) is 6.36. The second-order valence-electron chi connectivity index (χ2n) is 7.39. The molecule has 4 rings (SSSR count). The summed E-state index contributed by atoms with van der Waals surface area (Å²) >= 11 is 1.39. The summed E-state index contributed by atoms with van der Waals surface area (Å²) in [5.74, 6) is 0.566. The van der Waals surface area contributed by atoms with Gasteiger partial charge in [-0.3, -0.25) is 14.2 Å². The van der Waals surface area contributed by atoms with E-state index >= 15 is 0 Å². The third kappa shape index (κ3) is 4.34. The van der Waals surface area contributed by atoms with Gasteiger partial charge < -0.3 is 15.2 Å². The molecule has 0 saturated heterocycles. The van der Waals surface area contributed by atoms with Crippen LogP contribution in [0.5, 0.6) is 0 Å². The lowest BCUT2D eigenvalue weighted by atomic mass is 10.1. The van der Waals surface area contributed by atoms with Gasteiger partial charge in [0.2, 0.25) is 11.9 Å². The highest BCUT2D eigenvalue weighted by Crippen LogP contribution is 2.20. The number of para-hydroxylation sites is 1. The summed E-state index contributed by atoms with van der Waals surface area (Å²) in [7, 11) is 0. The van der Waals surface area contributed by atoms with Crippen LogP contribution in [0.1, 0.15) is 25.8 Å². The number of hydrogen-bond donors (Lipinski definition) is 2. The quantitative estimate of drug-likeness (QED) is 0.420. The van der Waals surface area contributed by atoms with E-state index in [1.54, 1.807) is 4.57 Å². The van der Waals surface area contributed by atoms with Gasteiger partial charge in [-0.2, -0.15) is 0 Å². The van der Waals surface area contributed by atoms with Crippen molar-refractivity contribution in [3.63, 3.8) is 0 Å². The van der Waals surface area contributed by atoms with Gasteiger partial charge in [-0.15, -0.1) is 11.3 Å². The molecule has 3 heterocycles. The molecule has 7 nitrogen and oxygen atoms in total. The second-order valence-corrected chi connectivity index (χ2v) is 8.30. The average Bonchev–Trinajstić information content (AvgIpc) is 3.42. The summed E-state index contributed by atoms with van der Waals surface area (Å²) in [4.78, 5) is 35.5. The van der Waals surface area contributed by atoms with E-state index in [-0.39, 0.29) is 17.9 Å². The number of nitrogens with zero attached hydrogens (tertiary/aromatic N) is 3. The first-order valence-electron chi connectivity index (χ1n) is 10.7. The number of thiophene rings is 1. The van der Waals surface area contributed by atoms with Crippen LogP contribution in [0.15, 0.2) is 46.7 Å². The average molecular weight is 438 g/mol. The van der Waals surface area contributed by atoms with Gasteiger partial charge >= 0.3 is 0 Å². The zero-order valence-corrected chi connectivity index (χ0v) is 18.7. The topological polar surface area (TPSA) is 83.0 Å². The van der Waals surface area contributed by atoms with Gasteiger partial charge in [-0.25, -0.2) is 4.98 Å². The van der Waals surface area contributed by atoms with Crippen LogP contribution >= 0.6 is 11.3 Å². The van der Waals surface area contributed by atoms with E-state index in [1.165, 1.54) is 22.3 Å². The minimum absolute atomic E-state index is 0.0662. The van der Waals surface area contributed by atoms with E-state index in [1.807, 2.05) is 54.6 Å². The van der Waals surface area contributed by atoms with Gasteiger partial charge in [0, 0.05) is 49.7 Å². The number of nitrogens with one attached hydrogen (secondary N) is 2. The van der Waals surface area contributed by atoms with Gasteiger partial charge in [0.05, 0.1) is 5.52 Å². The lowest BCUT2D eigenvalue weighted by Crippen LogP contribution is -2.34. The molecule has 0 saturated carbocycles. The Morgan fingerprint density at radius 1 is 1.23 bits per heavy atom. The molecular formula is C23H27N5O2S. The molecule has 1 aromatic carbocycles. The fraction of sp³-hybridized carbons (Fsp3) is 0.348. The lowest BCUT2D eigenvalue weighted by molar-refractivity contribution is -0.121. The fourth-order valence-corrected chi connectivity index (χ4v) is 4.64. The summed E-state index contributed by atoms with van der Waals surface area (Å²) in [6.07, 6.45) is 2.98. The van der Waals surface area contributed by atoms with Crippen molar-refractivity contribution >= 4 is 44.3 Å². The zero-order chi connectivity index (χ0) is 21.8. The Morgan fingerprint density at radius 3 is 2.84 bits per heavy atom. The maximum Gasteiger partial charge on any atom is 0.272 e. The number of carbonyl (C=O) groups is 1. The molecule has 0 aliphatic rings. The van der Waals surface area contributed by atoms with Crippen molar-refractivity contribution in [1.29, 1.82) is 0 Å². The van der Waals surface area contributed by atoms with Crippen molar-refractivity contribution in [1.82, 2.24) is 19.9 Å². The summed E-state index contributed by atoms with van der Waals surface area (Å²) in [5, 5.41) is 6.05. The number of amides is 1. The normalized spacial score (nSPS) is 11.3. The standard InChI is InChI=1S/C23H27N5O2S/c1-3-27(4-2)23-26-19-11-14-31-21(19)22(30)28(23)13-10-20(29)24-12-9-16-15-25-18-8-6-5-7-17(16)18/h5-8,11,14-15,25H,3-4,9-10,12-13H2,1-2H3,(H,24,29). The largest absolute Gasteiger partial charge is 0.361 e. The molecule has 0 aliphatic carbocycles.